The molecule has 2 atom stereocenters. The van der Waals surface area contributed by atoms with E-state index in [-0.39, 0.29) is 5.41 Å². The Hall–Kier alpha value is -1.61. The van der Waals surface area contributed by atoms with E-state index >= 15 is 0 Å². The van der Waals surface area contributed by atoms with Crippen molar-refractivity contribution in [3.8, 4) is 5.75 Å². The first-order valence-electron chi connectivity index (χ1n) is 7.69. The van der Waals surface area contributed by atoms with Crippen LogP contribution in [0.1, 0.15) is 49.8 Å². The van der Waals surface area contributed by atoms with Crippen molar-refractivity contribution in [1.29, 1.82) is 5.41 Å². The van der Waals surface area contributed by atoms with E-state index in [1.54, 1.807) is 6.08 Å². The molecule has 112 valence electrons. The fraction of sp³-hybridized carbons (Fsp3) is 0.500. The second-order valence-electron chi connectivity index (χ2n) is 7.00. The molecule has 1 fully saturated rings. The first kappa shape index (κ1) is 14.3. The van der Waals surface area contributed by atoms with Gasteiger partial charge < -0.3 is 15.9 Å². The zero-order valence-electron chi connectivity index (χ0n) is 13.1. The minimum absolute atomic E-state index is 0.0443. The Labute approximate surface area is 126 Å². The lowest BCUT2D eigenvalue weighted by molar-refractivity contribution is 0.290. The van der Waals surface area contributed by atoms with Gasteiger partial charge in [0.05, 0.1) is 6.61 Å². The largest absolute Gasteiger partial charge is 0.492 e. The van der Waals surface area contributed by atoms with Crippen LogP contribution in [0, 0.1) is 11.3 Å². The predicted octanol–water partition coefficient (Wildman–Crippen LogP) is 3.47. The second kappa shape index (κ2) is 4.99. The van der Waals surface area contributed by atoms with Gasteiger partial charge in [-0.3, -0.25) is 0 Å². The van der Waals surface area contributed by atoms with Gasteiger partial charge >= 0.3 is 0 Å². The lowest BCUT2D eigenvalue weighted by atomic mass is 9.83. The third kappa shape index (κ3) is 2.40. The zero-order valence-corrected chi connectivity index (χ0v) is 13.1. The van der Waals surface area contributed by atoms with E-state index in [9.17, 15) is 0 Å². The molecule has 0 bridgehead atoms. The minimum atomic E-state index is 0.0443. The Balaban J connectivity index is 2.17. The van der Waals surface area contributed by atoms with Gasteiger partial charge in [-0.15, -0.1) is 0 Å². The number of hydrogen-bond acceptors (Lipinski definition) is 3. The summed E-state index contributed by atoms with van der Waals surface area (Å²) in [6, 6.07) is 4.56. The molecule has 1 aromatic carbocycles. The maximum Gasteiger partial charge on any atom is 0.130 e. The monoisotopic (exact) mass is 284 g/mol. The number of fused-ring (bicyclic) bond motifs is 1. The van der Waals surface area contributed by atoms with E-state index in [0.29, 0.717) is 19.1 Å². The van der Waals surface area contributed by atoms with Gasteiger partial charge in [0.1, 0.15) is 5.75 Å². The summed E-state index contributed by atoms with van der Waals surface area (Å²) < 4.78 is 5.98. The summed E-state index contributed by atoms with van der Waals surface area (Å²) in [5.74, 6) is 2.41. The Kier molecular flexibility index (Phi) is 3.40. The topological polar surface area (TPSA) is 59.1 Å². The molecule has 0 saturated heterocycles. The molecular weight excluding hydrogens is 260 g/mol. The smallest absolute Gasteiger partial charge is 0.130 e. The minimum Gasteiger partial charge on any atom is -0.492 e. The molecule has 1 aliphatic carbocycles. The van der Waals surface area contributed by atoms with Gasteiger partial charge in [-0.25, -0.2) is 0 Å². The van der Waals surface area contributed by atoms with Crippen molar-refractivity contribution in [2.24, 2.45) is 11.7 Å². The van der Waals surface area contributed by atoms with Gasteiger partial charge in [0.2, 0.25) is 0 Å². The lowest BCUT2D eigenvalue weighted by Gasteiger charge is -2.18. The van der Waals surface area contributed by atoms with Crippen LogP contribution in [0.3, 0.4) is 0 Å². The number of hydrogen-bond donors (Lipinski definition) is 2. The maximum absolute atomic E-state index is 7.35. The van der Waals surface area contributed by atoms with Gasteiger partial charge in [0, 0.05) is 29.3 Å². The molecule has 21 heavy (non-hydrogen) atoms. The van der Waals surface area contributed by atoms with Crippen molar-refractivity contribution < 1.29 is 4.74 Å². The summed E-state index contributed by atoms with van der Waals surface area (Å²) in [5.41, 5.74) is 10.7. The predicted molar refractivity (Wildman–Crippen MR) is 87.3 cm³/mol. The zero-order chi connectivity index (χ0) is 15.2. The molecule has 0 aromatic heterocycles. The van der Waals surface area contributed by atoms with Gasteiger partial charge in [-0.05, 0) is 41.5 Å². The quantitative estimate of drug-likeness (QED) is 0.832. The number of nitrogens with one attached hydrogen (secondary N) is 1. The van der Waals surface area contributed by atoms with Crippen LogP contribution < -0.4 is 10.5 Å². The van der Waals surface area contributed by atoms with E-state index in [0.717, 1.165) is 22.8 Å². The lowest BCUT2D eigenvalue weighted by Crippen LogP contribution is -2.18. The van der Waals surface area contributed by atoms with Crippen LogP contribution in [0.25, 0.3) is 5.57 Å². The van der Waals surface area contributed by atoms with Crippen LogP contribution in [-0.2, 0) is 5.41 Å². The Morgan fingerprint density at radius 1 is 1.48 bits per heavy atom. The average Bonchev–Trinajstić information content (AvgIpc) is 3.10. The average molecular weight is 284 g/mol. The van der Waals surface area contributed by atoms with Crippen LogP contribution in [-0.4, -0.2) is 19.4 Å². The molecule has 1 saturated carbocycles. The Morgan fingerprint density at radius 2 is 2.19 bits per heavy atom. The van der Waals surface area contributed by atoms with Crippen LogP contribution in [0.4, 0.5) is 0 Å². The second-order valence-corrected chi connectivity index (χ2v) is 7.00. The molecule has 2 aliphatic rings. The molecule has 3 heteroatoms. The van der Waals surface area contributed by atoms with E-state index < -0.39 is 0 Å². The number of benzene rings is 1. The van der Waals surface area contributed by atoms with Crippen molar-refractivity contribution >= 4 is 11.8 Å². The first-order valence-corrected chi connectivity index (χ1v) is 7.69. The van der Waals surface area contributed by atoms with E-state index in [4.69, 9.17) is 15.9 Å². The number of rotatable bonds is 4. The molecule has 1 aromatic rings. The molecular formula is C18H24N2O. The van der Waals surface area contributed by atoms with Gasteiger partial charge in [-0.1, -0.05) is 26.8 Å². The number of nitrogens with two attached hydrogens (primary N) is 1. The third-order valence-corrected chi connectivity index (χ3v) is 4.81. The van der Waals surface area contributed by atoms with Gasteiger partial charge in [0.15, 0.2) is 0 Å². The Morgan fingerprint density at radius 3 is 2.76 bits per heavy atom. The summed E-state index contributed by atoms with van der Waals surface area (Å²) in [6.45, 7) is 7.89. The Bertz CT molecular complexity index is 616. The van der Waals surface area contributed by atoms with Crippen LogP contribution in [0.5, 0.6) is 5.75 Å². The standard InChI is InChI=1S/C18H24N2O/c1-11-6-14(11)13-7-15(12(9-20)4-5-19)17-16(8-13)18(2,3)10-21-17/h4-5,7-8,11,14,19H,6,9-10,20H2,1-3H3. The van der Waals surface area contributed by atoms with Crippen molar-refractivity contribution in [3.63, 3.8) is 0 Å². The molecule has 3 rings (SSSR count). The highest BCUT2D eigenvalue weighted by atomic mass is 16.5. The molecule has 1 aliphatic heterocycles. The van der Waals surface area contributed by atoms with Crippen LogP contribution in [0.2, 0.25) is 0 Å². The number of allylic oxidation sites excluding steroid dienone is 1. The highest BCUT2D eigenvalue weighted by Crippen LogP contribution is 2.51. The summed E-state index contributed by atoms with van der Waals surface area (Å²) >= 11 is 0. The number of ether oxygens (including phenoxy) is 1. The highest BCUT2D eigenvalue weighted by Gasteiger charge is 2.39. The van der Waals surface area contributed by atoms with Crippen molar-refractivity contribution in [2.75, 3.05) is 13.2 Å². The summed E-state index contributed by atoms with van der Waals surface area (Å²) in [5, 5.41) is 7.35. The summed E-state index contributed by atoms with van der Waals surface area (Å²) in [4.78, 5) is 0. The molecule has 0 spiro atoms. The fourth-order valence-corrected chi connectivity index (χ4v) is 3.25. The first-order chi connectivity index (χ1) is 9.97. The highest BCUT2D eigenvalue weighted by molar-refractivity contribution is 5.86. The molecule has 3 N–H and O–H groups in total. The van der Waals surface area contributed by atoms with Crippen molar-refractivity contribution in [2.45, 2.75) is 38.5 Å². The summed E-state index contributed by atoms with van der Waals surface area (Å²) in [6.07, 6.45) is 4.36. The van der Waals surface area contributed by atoms with E-state index in [1.165, 1.54) is 23.8 Å². The van der Waals surface area contributed by atoms with Crippen molar-refractivity contribution in [3.05, 3.63) is 34.9 Å². The van der Waals surface area contributed by atoms with E-state index in [1.807, 2.05) is 0 Å². The SMILES string of the molecule is CC1CC1c1cc(C(=CC=N)CN)c2c(c1)C(C)(C)CO2. The van der Waals surface area contributed by atoms with Crippen LogP contribution >= 0.6 is 0 Å². The third-order valence-electron chi connectivity index (χ3n) is 4.81. The van der Waals surface area contributed by atoms with Gasteiger partial charge in [-0.2, -0.15) is 0 Å². The van der Waals surface area contributed by atoms with Crippen LogP contribution in [0.15, 0.2) is 18.2 Å². The maximum atomic E-state index is 7.35. The molecule has 0 amide bonds. The van der Waals surface area contributed by atoms with E-state index in [2.05, 4.69) is 32.9 Å². The van der Waals surface area contributed by atoms with Crippen molar-refractivity contribution in [1.82, 2.24) is 0 Å². The summed E-state index contributed by atoms with van der Waals surface area (Å²) in [7, 11) is 0. The molecule has 3 nitrogen and oxygen atoms in total. The molecule has 2 unspecified atom stereocenters. The normalized spacial score (nSPS) is 26.2. The van der Waals surface area contributed by atoms with Gasteiger partial charge in [0.25, 0.3) is 0 Å². The molecule has 1 heterocycles. The molecule has 0 radical (unpaired) electrons. The fourth-order valence-electron chi connectivity index (χ4n) is 3.25.